The molecule has 2 rings (SSSR count). The molecule has 2 N–H and O–H groups in total. The normalized spacial score (nSPS) is 9.27. The maximum atomic E-state index is 11.3. The molecule has 1 aromatic carbocycles. The molecular formula is C11H13NO2S. The summed E-state index contributed by atoms with van der Waals surface area (Å²) in [5.41, 5.74) is 0. The van der Waals surface area contributed by atoms with E-state index in [0.717, 1.165) is 22.1 Å². The molecule has 2 aromatic rings. The molecule has 0 spiro atoms. The summed E-state index contributed by atoms with van der Waals surface area (Å²) in [6.45, 7) is 0. The number of carbonyl (C=O) groups is 1. The molecule has 0 saturated carbocycles. The van der Waals surface area contributed by atoms with E-state index in [1.165, 1.54) is 11.3 Å². The van der Waals surface area contributed by atoms with Gasteiger partial charge in [0.05, 0.1) is 4.88 Å². The van der Waals surface area contributed by atoms with E-state index < -0.39 is 0 Å². The van der Waals surface area contributed by atoms with Crippen LogP contribution in [0.2, 0.25) is 0 Å². The van der Waals surface area contributed by atoms with Crippen molar-refractivity contribution >= 4 is 27.3 Å². The van der Waals surface area contributed by atoms with Crippen LogP contribution in [0.15, 0.2) is 30.3 Å². The molecule has 0 saturated heterocycles. The summed E-state index contributed by atoms with van der Waals surface area (Å²) in [4.78, 5) is 12.0. The monoisotopic (exact) mass is 223 g/mol. The Kier molecular flexibility index (Phi) is 4.27. The average Bonchev–Trinajstić information content (AvgIpc) is 2.74. The maximum absolute atomic E-state index is 11.3. The summed E-state index contributed by atoms with van der Waals surface area (Å²) < 4.78 is 1.15. The lowest BCUT2D eigenvalue weighted by molar-refractivity contribution is 0.0967. The number of amides is 1. The van der Waals surface area contributed by atoms with Crippen LogP contribution < -0.4 is 5.32 Å². The minimum Gasteiger partial charge on any atom is -0.400 e. The second-order valence-corrected chi connectivity index (χ2v) is 3.81. The molecular weight excluding hydrogens is 210 g/mol. The van der Waals surface area contributed by atoms with Crippen molar-refractivity contribution < 1.29 is 9.90 Å². The second-order valence-electron chi connectivity index (χ2n) is 2.73. The molecule has 0 bridgehead atoms. The van der Waals surface area contributed by atoms with Crippen LogP contribution in [0.1, 0.15) is 9.67 Å². The van der Waals surface area contributed by atoms with E-state index in [4.69, 9.17) is 5.11 Å². The van der Waals surface area contributed by atoms with Gasteiger partial charge in [-0.15, -0.1) is 11.3 Å². The van der Waals surface area contributed by atoms with E-state index in [1.54, 1.807) is 7.05 Å². The van der Waals surface area contributed by atoms with E-state index in [9.17, 15) is 4.79 Å². The van der Waals surface area contributed by atoms with Crippen molar-refractivity contribution in [2.24, 2.45) is 0 Å². The number of aliphatic hydroxyl groups excluding tert-OH is 1. The number of hydrogen-bond acceptors (Lipinski definition) is 3. The number of carbonyl (C=O) groups excluding carboxylic acids is 1. The highest BCUT2D eigenvalue weighted by atomic mass is 32.1. The molecule has 0 atom stereocenters. The van der Waals surface area contributed by atoms with Crippen LogP contribution >= 0.6 is 11.3 Å². The number of hydrogen-bond donors (Lipinski definition) is 2. The summed E-state index contributed by atoms with van der Waals surface area (Å²) in [5.74, 6) is -0.0128. The van der Waals surface area contributed by atoms with Gasteiger partial charge in [0, 0.05) is 18.9 Å². The fourth-order valence-electron chi connectivity index (χ4n) is 1.22. The molecule has 0 unspecified atom stereocenters. The molecule has 80 valence electrons. The van der Waals surface area contributed by atoms with Gasteiger partial charge in [0.25, 0.3) is 5.91 Å². The number of benzene rings is 1. The minimum absolute atomic E-state index is 0.0128. The van der Waals surface area contributed by atoms with Gasteiger partial charge >= 0.3 is 0 Å². The Bertz CT molecular complexity index is 418. The topological polar surface area (TPSA) is 49.3 Å². The quantitative estimate of drug-likeness (QED) is 0.775. The van der Waals surface area contributed by atoms with Gasteiger partial charge in [0.15, 0.2) is 0 Å². The molecule has 3 nitrogen and oxygen atoms in total. The Morgan fingerprint density at radius 1 is 1.33 bits per heavy atom. The van der Waals surface area contributed by atoms with Gasteiger partial charge in [-0.1, -0.05) is 18.2 Å². The van der Waals surface area contributed by atoms with Gasteiger partial charge < -0.3 is 10.4 Å². The Balaban J connectivity index is 0.000000531. The lowest BCUT2D eigenvalue weighted by Crippen LogP contribution is -2.15. The zero-order chi connectivity index (χ0) is 11.3. The minimum atomic E-state index is -0.0128. The standard InChI is InChI=1S/C10H9NOS.CH4O/c1-11-10(12)9-6-7-4-2-3-5-8(7)13-9;1-2/h2-6H,1H3,(H,11,12);2H,1H3. The number of nitrogens with one attached hydrogen (secondary N) is 1. The summed E-state index contributed by atoms with van der Waals surface area (Å²) in [7, 11) is 2.65. The number of aliphatic hydroxyl groups is 1. The first-order chi connectivity index (χ1) is 7.31. The Morgan fingerprint density at radius 2 is 2.00 bits per heavy atom. The Hall–Kier alpha value is -1.39. The molecule has 15 heavy (non-hydrogen) atoms. The molecule has 1 amide bonds. The molecule has 0 aliphatic carbocycles. The van der Waals surface area contributed by atoms with Gasteiger partial charge in [0.1, 0.15) is 0 Å². The lowest BCUT2D eigenvalue weighted by atomic mass is 10.2. The van der Waals surface area contributed by atoms with E-state index in [2.05, 4.69) is 5.32 Å². The SMILES string of the molecule is CNC(=O)c1cc2ccccc2s1.CO. The summed E-state index contributed by atoms with van der Waals surface area (Å²) in [6.07, 6.45) is 0. The average molecular weight is 223 g/mol. The van der Waals surface area contributed by atoms with Crippen LogP contribution in [0, 0.1) is 0 Å². The molecule has 0 aliphatic heterocycles. The largest absolute Gasteiger partial charge is 0.400 e. The Morgan fingerprint density at radius 3 is 2.60 bits per heavy atom. The predicted octanol–water partition coefficient (Wildman–Crippen LogP) is 1.87. The van der Waals surface area contributed by atoms with E-state index in [-0.39, 0.29) is 5.91 Å². The van der Waals surface area contributed by atoms with E-state index in [1.807, 2.05) is 30.3 Å². The second kappa shape index (κ2) is 5.48. The van der Waals surface area contributed by atoms with Crippen LogP contribution in [-0.2, 0) is 0 Å². The van der Waals surface area contributed by atoms with Crippen molar-refractivity contribution in [2.45, 2.75) is 0 Å². The van der Waals surface area contributed by atoms with Crippen LogP contribution in [0.25, 0.3) is 10.1 Å². The van der Waals surface area contributed by atoms with Crippen molar-refractivity contribution in [3.05, 3.63) is 35.2 Å². The molecule has 0 aliphatic rings. The van der Waals surface area contributed by atoms with Crippen molar-refractivity contribution in [1.82, 2.24) is 5.32 Å². The molecule has 0 radical (unpaired) electrons. The summed E-state index contributed by atoms with van der Waals surface area (Å²) in [5, 5.41) is 10.7. The van der Waals surface area contributed by atoms with Crippen LogP contribution in [0.4, 0.5) is 0 Å². The van der Waals surface area contributed by atoms with Crippen molar-refractivity contribution in [2.75, 3.05) is 14.2 Å². The van der Waals surface area contributed by atoms with Gasteiger partial charge in [-0.2, -0.15) is 0 Å². The van der Waals surface area contributed by atoms with E-state index in [0.29, 0.717) is 0 Å². The highest BCUT2D eigenvalue weighted by molar-refractivity contribution is 7.20. The fourth-order valence-corrected chi connectivity index (χ4v) is 2.23. The summed E-state index contributed by atoms with van der Waals surface area (Å²) in [6, 6.07) is 9.90. The summed E-state index contributed by atoms with van der Waals surface area (Å²) >= 11 is 1.52. The first kappa shape index (κ1) is 11.7. The maximum Gasteiger partial charge on any atom is 0.261 e. The Labute approximate surface area is 92.4 Å². The zero-order valence-electron chi connectivity index (χ0n) is 8.65. The molecule has 4 heteroatoms. The van der Waals surface area contributed by atoms with Crippen LogP contribution in [-0.4, -0.2) is 25.2 Å². The highest BCUT2D eigenvalue weighted by Gasteiger charge is 2.06. The number of rotatable bonds is 1. The van der Waals surface area contributed by atoms with E-state index >= 15 is 0 Å². The van der Waals surface area contributed by atoms with Crippen molar-refractivity contribution in [3.8, 4) is 0 Å². The third kappa shape index (κ3) is 2.55. The first-order valence-electron chi connectivity index (χ1n) is 4.46. The van der Waals surface area contributed by atoms with Gasteiger partial charge in [-0.05, 0) is 17.5 Å². The predicted molar refractivity (Wildman–Crippen MR) is 63.4 cm³/mol. The van der Waals surface area contributed by atoms with Gasteiger partial charge in [0.2, 0.25) is 0 Å². The molecule has 1 heterocycles. The highest BCUT2D eigenvalue weighted by Crippen LogP contribution is 2.24. The molecule has 1 aromatic heterocycles. The first-order valence-corrected chi connectivity index (χ1v) is 5.28. The van der Waals surface area contributed by atoms with Crippen LogP contribution in [0.3, 0.4) is 0 Å². The van der Waals surface area contributed by atoms with Crippen LogP contribution in [0.5, 0.6) is 0 Å². The smallest absolute Gasteiger partial charge is 0.261 e. The van der Waals surface area contributed by atoms with Crippen molar-refractivity contribution in [3.63, 3.8) is 0 Å². The van der Waals surface area contributed by atoms with Gasteiger partial charge in [-0.3, -0.25) is 4.79 Å². The number of fused-ring (bicyclic) bond motifs is 1. The fraction of sp³-hybridized carbons (Fsp3) is 0.182. The van der Waals surface area contributed by atoms with Crippen molar-refractivity contribution in [1.29, 1.82) is 0 Å². The zero-order valence-corrected chi connectivity index (χ0v) is 9.47. The lowest BCUT2D eigenvalue weighted by Gasteiger charge is -1.90. The van der Waals surface area contributed by atoms with Gasteiger partial charge in [-0.25, -0.2) is 0 Å². The number of thiophene rings is 1. The third-order valence-electron chi connectivity index (χ3n) is 1.88. The molecule has 0 fully saturated rings. The third-order valence-corrected chi connectivity index (χ3v) is 2.99.